The number of thioether (sulfide) groups is 1. The summed E-state index contributed by atoms with van der Waals surface area (Å²) in [5.74, 6) is -0.129. The number of carboxylic acids is 1. The number of rotatable bonds is 4. The highest BCUT2D eigenvalue weighted by Gasteiger charge is 2.34. The van der Waals surface area contributed by atoms with E-state index >= 15 is 0 Å². The van der Waals surface area contributed by atoms with Gasteiger partial charge in [0.1, 0.15) is 6.04 Å². The van der Waals surface area contributed by atoms with Gasteiger partial charge in [-0.05, 0) is 24.7 Å². The molecule has 0 spiro atoms. The molecule has 1 saturated heterocycles. The molecule has 1 atom stereocenters. The molecule has 1 aliphatic heterocycles. The summed E-state index contributed by atoms with van der Waals surface area (Å²) in [6.45, 7) is 0.709. The summed E-state index contributed by atoms with van der Waals surface area (Å²) in [4.78, 5) is 24.5. The number of carboxylic acid groups (broad SMARTS) is 1. The zero-order valence-corrected chi connectivity index (χ0v) is 11.9. The second-order valence-corrected chi connectivity index (χ2v) is 5.48. The number of urea groups is 1. The third-order valence-corrected chi connectivity index (χ3v) is 4.00. The molecule has 1 fully saturated rings. The first kappa shape index (κ1) is 14.7. The minimum atomic E-state index is -0.964. The first-order valence-corrected chi connectivity index (χ1v) is 7.39. The van der Waals surface area contributed by atoms with Crippen molar-refractivity contribution in [3.8, 4) is 0 Å². The summed E-state index contributed by atoms with van der Waals surface area (Å²) in [6.07, 6.45) is 0. The number of anilines is 1. The number of amides is 2. The summed E-state index contributed by atoms with van der Waals surface area (Å²) in [6, 6.07) is 6.35. The maximum absolute atomic E-state index is 12.1. The third kappa shape index (κ3) is 3.43. The van der Waals surface area contributed by atoms with Crippen molar-refractivity contribution in [2.24, 2.45) is 0 Å². The quantitative estimate of drug-likeness (QED) is 0.782. The van der Waals surface area contributed by atoms with Gasteiger partial charge in [-0.3, -0.25) is 0 Å². The number of hydrogen-bond acceptors (Lipinski definition) is 4. The number of benzene rings is 1. The van der Waals surface area contributed by atoms with Gasteiger partial charge in [-0.2, -0.15) is 0 Å². The molecule has 1 aromatic rings. The Morgan fingerprint density at radius 1 is 1.50 bits per heavy atom. The molecule has 6 nitrogen and oxygen atoms in total. The lowest BCUT2D eigenvalue weighted by molar-refractivity contribution is -0.140. The van der Waals surface area contributed by atoms with E-state index in [9.17, 15) is 9.59 Å². The summed E-state index contributed by atoms with van der Waals surface area (Å²) in [5.41, 5.74) is 1.72. The van der Waals surface area contributed by atoms with Crippen LogP contribution in [0, 0.1) is 0 Å². The Balaban J connectivity index is 2.04. The average Bonchev–Trinajstić information content (AvgIpc) is 2.89. The van der Waals surface area contributed by atoms with E-state index in [0.29, 0.717) is 23.9 Å². The number of aliphatic carboxylic acids is 1. The Morgan fingerprint density at radius 3 is 3.00 bits per heavy atom. The molecule has 0 aromatic heterocycles. The largest absolute Gasteiger partial charge is 0.480 e. The smallest absolute Gasteiger partial charge is 0.327 e. The van der Waals surface area contributed by atoms with Crippen molar-refractivity contribution < 1.29 is 14.7 Å². The highest BCUT2D eigenvalue weighted by Crippen LogP contribution is 2.22. The Kier molecular flexibility index (Phi) is 4.86. The lowest BCUT2D eigenvalue weighted by Gasteiger charge is -2.21. The van der Waals surface area contributed by atoms with Gasteiger partial charge in [-0.15, -0.1) is 11.8 Å². The molecule has 0 bridgehead atoms. The van der Waals surface area contributed by atoms with Gasteiger partial charge in [-0.25, -0.2) is 9.59 Å². The number of hydrogen-bond donors (Lipinski definition) is 3. The standard InChI is InChI=1S/C13H17N3O3S/c1-14-6-9-3-2-4-10(5-9)15-13(19)16-8-20-7-11(16)12(17)18/h2-5,11,14H,6-8H2,1H3,(H,15,19)(H,17,18)/t11-/m0/s1. The topological polar surface area (TPSA) is 81.7 Å². The number of nitrogens with zero attached hydrogens (tertiary/aromatic N) is 1. The summed E-state index contributed by atoms with van der Waals surface area (Å²) < 4.78 is 0. The minimum Gasteiger partial charge on any atom is -0.480 e. The van der Waals surface area contributed by atoms with E-state index in [1.165, 1.54) is 16.7 Å². The van der Waals surface area contributed by atoms with Crippen LogP contribution in [-0.4, -0.2) is 46.7 Å². The summed E-state index contributed by atoms with van der Waals surface area (Å²) in [5, 5.41) is 14.9. The van der Waals surface area contributed by atoms with Gasteiger partial charge in [0.2, 0.25) is 0 Å². The molecule has 1 heterocycles. The van der Waals surface area contributed by atoms with Crippen molar-refractivity contribution in [1.82, 2.24) is 10.2 Å². The van der Waals surface area contributed by atoms with Crippen molar-refractivity contribution in [1.29, 1.82) is 0 Å². The van der Waals surface area contributed by atoms with Crippen LogP contribution >= 0.6 is 11.8 Å². The molecular formula is C13H17N3O3S. The molecular weight excluding hydrogens is 278 g/mol. The SMILES string of the molecule is CNCc1cccc(NC(=O)N2CSC[C@H]2C(=O)O)c1. The maximum atomic E-state index is 12.1. The van der Waals surface area contributed by atoms with Crippen LogP contribution in [0.2, 0.25) is 0 Å². The molecule has 2 rings (SSSR count). The van der Waals surface area contributed by atoms with E-state index < -0.39 is 12.0 Å². The van der Waals surface area contributed by atoms with E-state index in [1.54, 1.807) is 6.07 Å². The first-order chi connectivity index (χ1) is 9.61. The highest BCUT2D eigenvalue weighted by atomic mass is 32.2. The second-order valence-electron chi connectivity index (χ2n) is 4.48. The van der Waals surface area contributed by atoms with Crippen molar-refractivity contribution in [2.45, 2.75) is 12.6 Å². The molecule has 0 aliphatic carbocycles. The van der Waals surface area contributed by atoms with Crippen molar-refractivity contribution in [3.63, 3.8) is 0 Å². The zero-order valence-electron chi connectivity index (χ0n) is 11.1. The van der Waals surface area contributed by atoms with Gasteiger partial charge < -0.3 is 20.6 Å². The number of carbonyl (C=O) groups excluding carboxylic acids is 1. The van der Waals surface area contributed by atoms with Crippen LogP contribution < -0.4 is 10.6 Å². The number of carbonyl (C=O) groups is 2. The predicted molar refractivity (Wildman–Crippen MR) is 78.8 cm³/mol. The van der Waals surface area contributed by atoms with Crippen LogP contribution in [0.3, 0.4) is 0 Å². The molecule has 108 valence electrons. The zero-order chi connectivity index (χ0) is 14.5. The third-order valence-electron chi connectivity index (χ3n) is 2.99. The van der Waals surface area contributed by atoms with Crippen LogP contribution in [0.15, 0.2) is 24.3 Å². The van der Waals surface area contributed by atoms with E-state index in [4.69, 9.17) is 5.11 Å². The second kappa shape index (κ2) is 6.62. The van der Waals surface area contributed by atoms with E-state index in [-0.39, 0.29) is 6.03 Å². The Hall–Kier alpha value is -1.73. The van der Waals surface area contributed by atoms with Crippen molar-refractivity contribution in [2.75, 3.05) is 24.0 Å². The van der Waals surface area contributed by atoms with Crippen LogP contribution in [0.4, 0.5) is 10.5 Å². The van der Waals surface area contributed by atoms with Crippen molar-refractivity contribution in [3.05, 3.63) is 29.8 Å². The number of nitrogens with one attached hydrogen (secondary N) is 2. The normalized spacial score (nSPS) is 18.1. The van der Waals surface area contributed by atoms with Gasteiger partial charge >= 0.3 is 12.0 Å². The summed E-state index contributed by atoms with van der Waals surface area (Å²) >= 11 is 1.44. The van der Waals surface area contributed by atoms with Crippen molar-refractivity contribution >= 4 is 29.4 Å². The van der Waals surface area contributed by atoms with Crippen LogP contribution in [-0.2, 0) is 11.3 Å². The van der Waals surface area contributed by atoms with Crippen LogP contribution in [0.25, 0.3) is 0 Å². The minimum absolute atomic E-state index is 0.371. The van der Waals surface area contributed by atoms with Crippen LogP contribution in [0.5, 0.6) is 0 Å². The average molecular weight is 295 g/mol. The molecule has 20 heavy (non-hydrogen) atoms. The van der Waals surface area contributed by atoms with Gasteiger partial charge in [0.05, 0.1) is 5.88 Å². The lowest BCUT2D eigenvalue weighted by atomic mass is 10.2. The Bertz CT molecular complexity index is 509. The van der Waals surface area contributed by atoms with Gasteiger partial charge in [-0.1, -0.05) is 12.1 Å². The monoisotopic (exact) mass is 295 g/mol. The maximum Gasteiger partial charge on any atom is 0.327 e. The predicted octanol–water partition coefficient (Wildman–Crippen LogP) is 1.40. The molecule has 1 aliphatic rings. The van der Waals surface area contributed by atoms with E-state index in [1.807, 2.05) is 25.2 Å². The molecule has 2 amide bonds. The Labute approximate surface area is 121 Å². The van der Waals surface area contributed by atoms with E-state index in [0.717, 1.165) is 5.56 Å². The molecule has 0 unspecified atom stereocenters. The highest BCUT2D eigenvalue weighted by molar-refractivity contribution is 7.99. The molecule has 1 aromatic carbocycles. The lowest BCUT2D eigenvalue weighted by Crippen LogP contribution is -2.43. The first-order valence-electron chi connectivity index (χ1n) is 6.23. The molecule has 0 radical (unpaired) electrons. The van der Waals surface area contributed by atoms with Gasteiger partial charge in [0.15, 0.2) is 0 Å². The molecule has 7 heteroatoms. The fourth-order valence-electron chi connectivity index (χ4n) is 2.01. The Morgan fingerprint density at radius 2 is 2.30 bits per heavy atom. The molecule has 0 saturated carbocycles. The van der Waals surface area contributed by atoms with Crippen LogP contribution in [0.1, 0.15) is 5.56 Å². The van der Waals surface area contributed by atoms with Gasteiger partial charge in [0, 0.05) is 18.0 Å². The fraction of sp³-hybridized carbons (Fsp3) is 0.385. The molecule has 3 N–H and O–H groups in total. The summed E-state index contributed by atoms with van der Waals surface area (Å²) in [7, 11) is 1.85. The van der Waals surface area contributed by atoms with Gasteiger partial charge in [0.25, 0.3) is 0 Å². The fourth-order valence-corrected chi connectivity index (χ4v) is 3.15. The van der Waals surface area contributed by atoms with E-state index in [2.05, 4.69) is 10.6 Å².